The van der Waals surface area contributed by atoms with Gasteiger partial charge in [-0.25, -0.2) is 4.39 Å². The van der Waals surface area contributed by atoms with Crippen molar-refractivity contribution >= 4 is 0 Å². The zero-order valence-corrected chi connectivity index (χ0v) is 4.68. The second-order valence-electron chi connectivity index (χ2n) is 1.42. The van der Waals surface area contributed by atoms with Gasteiger partial charge < -0.3 is 5.73 Å². The van der Waals surface area contributed by atoms with Crippen molar-refractivity contribution in [3.05, 3.63) is 24.8 Å². The van der Waals surface area contributed by atoms with Crippen molar-refractivity contribution in [1.82, 2.24) is 0 Å². The quantitative estimate of drug-likeness (QED) is 0.436. The van der Waals surface area contributed by atoms with Gasteiger partial charge >= 0.3 is 0 Å². The first-order valence-corrected chi connectivity index (χ1v) is 2.44. The van der Waals surface area contributed by atoms with Gasteiger partial charge in [0.15, 0.2) is 6.30 Å². The van der Waals surface area contributed by atoms with Crippen LogP contribution in [0.15, 0.2) is 24.8 Å². The highest BCUT2D eigenvalue weighted by Crippen LogP contribution is 1.89. The van der Waals surface area contributed by atoms with Crippen molar-refractivity contribution in [2.45, 2.75) is 12.7 Å². The summed E-state index contributed by atoms with van der Waals surface area (Å²) in [4.78, 5) is 0. The van der Waals surface area contributed by atoms with E-state index in [-0.39, 0.29) is 6.42 Å². The Kier molecular flexibility index (Phi) is 4.17. The van der Waals surface area contributed by atoms with Gasteiger partial charge in [0.2, 0.25) is 0 Å². The van der Waals surface area contributed by atoms with Gasteiger partial charge in [-0.05, 0) is 0 Å². The molecule has 2 heteroatoms. The van der Waals surface area contributed by atoms with E-state index in [0.717, 1.165) is 0 Å². The minimum atomic E-state index is -1.23. The van der Waals surface area contributed by atoms with E-state index in [1.54, 1.807) is 18.2 Å². The highest BCUT2D eigenvalue weighted by molar-refractivity contribution is 4.97. The fraction of sp³-hybridized carbons (Fsp3) is 0.333. The van der Waals surface area contributed by atoms with E-state index in [1.165, 1.54) is 0 Å². The molecule has 0 rings (SSSR count). The van der Waals surface area contributed by atoms with Gasteiger partial charge in [-0.2, -0.15) is 0 Å². The number of alkyl halides is 1. The third-order valence-corrected chi connectivity index (χ3v) is 0.633. The van der Waals surface area contributed by atoms with Crippen LogP contribution in [-0.2, 0) is 0 Å². The van der Waals surface area contributed by atoms with E-state index in [1.807, 2.05) is 0 Å². The van der Waals surface area contributed by atoms with Crippen LogP contribution in [0.3, 0.4) is 0 Å². The summed E-state index contributed by atoms with van der Waals surface area (Å²) < 4.78 is 11.7. The Hall–Kier alpha value is -0.630. The second kappa shape index (κ2) is 4.53. The maximum atomic E-state index is 11.7. The zero-order chi connectivity index (χ0) is 6.41. The number of halogens is 1. The van der Waals surface area contributed by atoms with Gasteiger partial charge in [-0.3, -0.25) is 0 Å². The Bertz CT molecular complexity index is 86.5. The van der Waals surface area contributed by atoms with E-state index in [2.05, 4.69) is 6.58 Å². The summed E-state index contributed by atoms with van der Waals surface area (Å²) in [7, 11) is 0. The molecule has 0 bridgehead atoms. The van der Waals surface area contributed by atoms with Crippen LogP contribution in [0.5, 0.6) is 0 Å². The summed E-state index contributed by atoms with van der Waals surface area (Å²) in [5.74, 6) is 0. The van der Waals surface area contributed by atoms with Crippen LogP contribution in [0.1, 0.15) is 6.42 Å². The number of allylic oxidation sites excluding steroid dienone is 2. The number of nitrogens with two attached hydrogens (primary N) is 1. The van der Waals surface area contributed by atoms with Crippen molar-refractivity contribution < 1.29 is 4.39 Å². The fourth-order valence-electron chi connectivity index (χ4n) is 0.305. The SMILES string of the molecule is C=C/C=C\CC(N)F. The molecule has 0 fully saturated rings. The third kappa shape index (κ3) is 5.37. The summed E-state index contributed by atoms with van der Waals surface area (Å²) in [6, 6.07) is 0. The molecular formula is C6H10FN. The molecule has 1 unspecified atom stereocenters. The number of hydrogen-bond acceptors (Lipinski definition) is 1. The normalized spacial score (nSPS) is 14.2. The smallest absolute Gasteiger partial charge is 0.152 e. The van der Waals surface area contributed by atoms with Gasteiger partial charge in [-0.15, -0.1) is 0 Å². The van der Waals surface area contributed by atoms with E-state index in [4.69, 9.17) is 5.73 Å². The third-order valence-electron chi connectivity index (χ3n) is 0.633. The molecule has 0 saturated heterocycles. The molecule has 8 heavy (non-hydrogen) atoms. The van der Waals surface area contributed by atoms with Gasteiger partial charge in [0.25, 0.3) is 0 Å². The molecule has 0 aliphatic heterocycles. The largest absolute Gasteiger partial charge is 0.301 e. The molecule has 0 aromatic heterocycles. The molecule has 2 N–H and O–H groups in total. The highest BCUT2D eigenvalue weighted by Gasteiger charge is 1.89. The Morgan fingerprint density at radius 2 is 2.38 bits per heavy atom. The first-order chi connectivity index (χ1) is 3.77. The summed E-state index contributed by atoms with van der Waals surface area (Å²) >= 11 is 0. The van der Waals surface area contributed by atoms with Crippen molar-refractivity contribution in [1.29, 1.82) is 0 Å². The summed E-state index contributed by atoms with van der Waals surface area (Å²) in [5, 5.41) is 0. The minimum Gasteiger partial charge on any atom is -0.301 e. The predicted molar refractivity (Wildman–Crippen MR) is 33.0 cm³/mol. The lowest BCUT2D eigenvalue weighted by atomic mass is 10.3. The molecular weight excluding hydrogens is 105 g/mol. The molecule has 0 aromatic rings. The van der Waals surface area contributed by atoms with Crippen molar-refractivity contribution in [3.8, 4) is 0 Å². The summed E-state index contributed by atoms with van der Waals surface area (Å²) in [6.45, 7) is 3.41. The molecule has 0 aromatic carbocycles. The first-order valence-electron chi connectivity index (χ1n) is 2.44. The van der Waals surface area contributed by atoms with Crippen molar-refractivity contribution in [2.24, 2.45) is 5.73 Å². The lowest BCUT2D eigenvalue weighted by molar-refractivity contribution is 0.348. The van der Waals surface area contributed by atoms with Crippen molar-refractivity contribution in [3.63, 3.8) is 0 Å². The Labute approximate surface area is 48.7 Å². The predicted octanol–water partition coefficient (Wildman–Crippen LogP) is 1.37. The molecule has 0 amide bonds. The summed E-state index contributed by atoms with van der Waals surface area (Å²) in [5.41, 5.74) is 4.78. The van der Waals surface area contributed by atoms with Crippen LogP contribution in [0.2, 0.25) is 0 Å². The maximum Gasteiger partial charge on any atom is 0.152 e. The number of rotatable bonds is 3. The topological polar surface area (TPSA) is 26.0 Å². The van der Waals surface area contributed by atoms with Gasteiger partial charge in [0.05, 0.1) is 0 Å². The van der Waals surface area contributed by atoms with E-state index < -0.39 is 6.30 Å². The van der Waals surface area contributed by atoms with E-state index >= 15 is 0 Å². The van der Waals surface area contributed by atoms with Gasteiger partial charge in [-0.1, -0.05) is 24.8 Å². The second-order valence-corrected chi connectivity index (χ2v) is 1.42. The Balaban J connectivity index is 3.15. The molecule has 46 valence electrons. The lowest BCUT2D eigenvalue weighted by Gasteiger charge is -1.90. The average Bonchev–Trinajstić information content (AvgIpc) is 1.66. The van der Waals surface area contributed by atoms with Gasteiger partial charge in [0, 0.05) is 6.42 Å². The standard InChI is InChI=1S/C6H10FN/c1-2-3-4-5-6(7)8/h2-4,6H,1,5,8H2/b4-3-. The molecule has 0 aliphatic carbocycles. The Morgan fingerprint density at radius 1 is 1.75 bits per heavy atom. The van der Waals surface area contributed by atoms with Crippen molar-refractivity contribution in [2.75, 3.05) is 0 Å². The van der Waals surface area contributed by atoms with Crippen LogP contribution in [0.4, 0.5) is 4.39 Å². The molecule has 0 heterocycles. The molecule has 0 aliphatic rings. The molecule has 0 spiro atoms. The summed E-state index contributed by atoms with van der Waals surface area (Å²) in [6.07, 6.45) is 3.93. The van der Waals surface area contributed by atoms with Crippen LogP contribution < -0.4 is 5.73 Å². The van der Waals surface area contributed by atoms with Crippen LogP contribution in [0.25, 0.3) is 0 Å². The fourth-order valence-corrected chi connectivity index (χ4v) is 0.305. The molecule has 0 radical (unpaired) electrons. The number of hydrogen-bond donors (Lipinski definition) is 1. The maximum absolute atomic E-state index is 11.7. The highest BCUT2D eigenvalue weighted by atomic mass is 19.1. The minimum absolute atomic E-state index is 0.270. The van der Waals surface area contributed by atoms with Crippen LogP contribution in [-0.4, -0.2) is 6.30 Å². The van der Waals surface area contributed by atoms with E-state index in [9.17, 15) is 4.39 Å². The van der Waals surface area contributed by atoms with Crippen LogP contribution in [0, 0.1) is 0 Å². The first kappa shape index (κ1) is 7.37. The Morgan fingerprint density at radius 3 is 2.75 bits per heavy atom. The molecule has 1 nitrogen and oxygen atoms in total. The average molecular weight is 115 g/mol. The van der Waals surface area contributed by atoms with E-state index in [0.29, 0.717) is 0 Å². The monoisotopic (exact) mass is 115 g/mol. The zero-order valence-electron chi connectivity index (χ0n) is 4.68. The van der Waals surface area contributed by atoms with Crippen LogP contribution >= 0.6 is 0 Å². The molecule has 0 saturated carbocycles. The molecule has 1 atom stereocenters. The lowest BCUT2D eigenvalue weighted by Crippen LogP contribution is -2.10. The van der Waals surface area contributed by atoms with Gasteiger partial charge in [0.1, 0.15) is 0 Å².